The van der Waals surface area contributed by atoms with E-state index in [9.17, 15) is 13.2 Å². The fraction of sp³-hybridized carbons (Fsp3) is 0.632. The Morgan fingerprint density at radius 3 is 2.43 bits per heavy atom. The number of aliphatic imine (C=N–C) groups is 1. The van der Waals surface area contributed by atoms with Crippen LogP contribution in [-0.4, -0.2) is 50.3 Å². The lowest BCUT2D eigenvalue weighted by Gasteiger charge is -2.24. The van der Waals surface area contributed by atoms with Crippen LogP contribution in [0.4, 0.5) is 13.2 Å². The normalized spacial score (nSPS) is 28.9. The summed E-state index contributed by atoms with van der Waals surface area (Å²) < 4.78 is 51.1. The van der Waals surface area contributed by atoms with Crippen molar-refractivity contribution >= 4 is 29.9 Å². The number of fused-ring (bicyclic) bond motifs is 5. The molecule has 2 bridgehead atoms. The Labute approximate surface area is 179 Å². The minimum Gasteiger partial charge on any atom is -0.497 e. The third kappa shape index (κ3) is 3.92. The van der Waals surface area contributed by atoms with Gasteiger partial charge in [0.1, 0.15) is 5.75 Å². The summed E-state index contributed by atoms with van der Waals surface area (Å²) in [5, 5.41) is 3.11. The summed E-state index contributed by atoms with van der Waals surface area (Å²) in [4.78, 5) is 6.45. The molecule has 0 aromatic heterocycles. The largest absolute Gasteiger partial charge is 0.497 e. The number of nitrogens with zero attached hydrogens (tertiary/aromatic N) is 2. The Kier molecular flexibility index (Phi) is 6.33. The highest BCUT2D eigenvalue weighted by molar-refractivity contribution is 14.0. The van der Waals surface area contributed by atoms with Gasteiger partial charge in [-0.05, 0) is 30.5 Å². The van der Waals surface area contributed by atoms with Crippen molar-refractivity contribution in [3.8, 4) is 5.75 Å². The van der Waals surface area contributed by atoms with E-state index in [2.05, 4.69) is 15.2 Å². The van der Waals surface area contributed by atoms with E-state index in [1.165, 1.54) is 13.2 Å². The molecule has 9 heteroatoms. The van der Waals surface area contributed by atoms with E-state index in [4.69, 9.17) is 9.47 Å². The van der Waals surface area contributed by atoms with Crippen LogP contribution in [0.2, 0.25) is 0 Å². The van der Waals surface area contributed by atoms with Crippen LogP contribution < -0.4 is 10.1 Å². The molecule has 0 saturated carbocycles. The number of likely N-dealkylation sites (tertiary alicyclic amines) is 1. The molecule has 0 aliphatic carbocycles. The highest BCUT2D eigenvalue weighted by atomic mass is 127. The van der Waals surface area contributed by atoms with E-state index in [0.29, 0.717) is 30.0 Å². The van der Waals surface area contributed by atoms with Gasteiger partial charge in [0.2, 0.25) is 0 Å². The van der Waals surface area contributed by atoms with Gasteiger partial charge in [0, 0.05) is 38.5 Å². The SMILES string of the molecule is CN=C(NCc1ccc(OC)cc1C(F)(F)F)N1CC2C3CCC(O3)C2C1.I. The van der Waals surface area contributed by atoms with E-state index >= 15 is 0 Å². The van der Waals surface area contributed by atoms with Gasteiger partial charge in [-0.25, -0.2) is 0 Å². The maximum absolute atomic E-state index is 13.4. The molecule has 0 amide bonds. The minimum atomic E-state index is -4.43. The molecule has 0 spiro atoms. The molecule has 4 rings (SSSR count). The zero-order valence-electron chi connectivity index (χ0n) is 15.8. The van der Waals surface area contributed by atoms with Gasteiger partial charge in [0.25, 0.3) is 0 Å². The molecule has 1 aromatic carbocycles. The zero-order chi connectivity index (χ0) is 19.2. The van der Waals surface area contributed by atoms with Crippen LogP contribution in [0.3, 0.4) is 0 Å². The monoisotopic (exact) mass is 511 g/mol. The predicted octanol–water partition coefficient (Wildman–Crippen LogP) is 3.52. The van der Waals surface area contributed by atoms with Gasteiger partial charge >= 0.3 is 6.18 Å². The first-order valence-corrected chi connectivity index (χ1v) is 9.26. The second-order valence-electron chi connectivity index (χ2n) is 7.44. The van der Waals surface area contributed by atoms with Gasteiger partial charge in [0.05, 0.1) is 24.9 Å². The Morgan fingerprint density at radius 2 is 1.89 bits per heavy atom. The second kappa shape index (κ2) is 8.25. The van der Waals surface area contributed by atoms with E-state index < -0.39 is 11.7 Å². The molecule has 28 heavy (non-hydrogen) atoms. The lowest BCUT2D eigenvalue weighted by Crippen LogP contribution is -2.41. The van der Waals surface area contributed by atoms with Crippen molar-refractivity contribution in [2.45, 2.75) is 37.8 Å². The number of halogens is 4. The summed E-state index contributed by atoms with van der Waals surface area (Å²) >= 11 is 0. The first-order chi connectivity index (χ1) is 12.9. The number of alkyl halides is 3. The quantitative estimate of drug-likeness (QED) is 0.384. The van der Waals surface area contributed by atoms with Crippen LogP contribution in [0.1, 0.15) is 24.0 Å². The number of rotatable bonds is 3. The summed E-state index contributed by atoms with van der Waals surface area (Å²) in [5.41, 5.74) is -0.512. The number of nitrogens with one attached hydrogen (secondary N) is 1. The van der Waals surface area contributed by atoms with Crippen molar-refractivity contribution in [1.82, 2.24) is 10.2 Å². The minimum absolute atomic E-state index is 0. The molecule has 156 valence electrons. The maximum Gasteiger partial charge on any atom is 0.416 e. The molecule has 3 aliphatic rings. The zero-order valence-corrected chi connectivity index (χ0v) is 18.2. The molecule has 3 fully saturated rings. The van der Waals surface area contributed by atoms with Gasteiger partial charge in [-0.2, -0.15) is 13.2 Å². The average molecular weight is 511 g/mol. The predicted molar refractivity (Wildman–Crippen MR) is 110 cm³/mol. The average Bonchev–Trinajstić information content (AvgIpc) is 3.34. The fourth-order valence-electron chi connectivity index (χ4n) is 4.74. The summed E-state index contributed by atoms with van der Waals surface area (Å²) in [5.74, 6) is 1.86. The molecule has 3 saturated heterocycles. The van der Waals surface area contributed by atoms with Crippen molar-refractivity contribution in [3.05, 3.63) is 29.3 Å². The molecular weight excluding hydrogens is 486 g/mol. The molecule has 1 N–H and O–H groups in total. The number of methoxy groups -OCH3 is 1. The molecule has 0 radical (unpaired) electrons. The third-order valence-electron chi connectivity index (χ3n) is 6.02. The van der Waals surface area contributed by atoms with E-state index in [1.54, 1.807) is 13.1 Å². The maximum atomic E-state index is 13.4. The Morgan fingerprint density at radius 1 is 1.25 bits per heavy atom. The van der Waals surface area contributed by atoms with Crippen LogP contribution in [0, 0.1) is 11.8 Å². The van der Waals surface area contributed by atoms with Crippen molar-refractivity contribution in [3.63, 3.8) is 0 Å². The molecular formula is C19H25F3IN3O2. The van der Waals surface area contributed by atoms with Crippen molar-refractivity contribution in [2.24, 2.45) is 16.8 Å². The highest BCUT2D eigenvalue weighted by Crippen LogP contribution is 2.47. The lowest BCUT2D eigenvalue weighted by molar-refractivity contribution is -0.138. The summed E-state index contributed by atoms with van der Waals surface area (Å²) in [6, 6.07) is 4.04. The van der Waals surface area contributed by atoms with E-state index in [0.717, 1.165) is 32.0 Å². The van der Waals surface area contributed by atoms with Crippen LogP contribution in [0.15, 0.2) is 23.2 Å². The molecule has 4 unspecified atom stereocenters. The Hall–Kier alpha value is -1.23. The van der Waals surface area contributed by atoms with Crippen molar-refractivity contribution in [2.75, 3.05) is 27.2 Å². The molecule has 4 atom stereocenters. The number of hydrogen-bond acceptors (Lipinski definition) is 3. The van der Waals surface area contributed by atoms with Gasteiger partial charge in [0.15, 0.2) is 5.96 Å². The Balaban J connectivity index is 0.00000225. The second-order valence-corrected chi connectivity index (χ2v) is 7.44. The van der Waals surface area contributed by atoms with Crippen molar-refractivity contribution < 1.29 is 22.6 Å². The smallest absolute Gasteiger partial charge is 0.416 e. The lowest BCUT2D eigenvalue weighted by atomic mass is 9.82. The van der Waals surface area contributed by atoms with Gasteiger partial charge in [-0.15, -0.1) is 24.0 Å². The molecule has 1 aromatic rings. The summed E-state index contributed by atoms with van der Waals surface area (Å²) in [6.07, 6.45) is -1.53. The fourth-order valence-corrected chi connectivity index (χ4v) is 4.74. The van der Waals surface area contributed by atoms with E-state index in [-0.39, 0.29) is 41.8 Å². The topological polar surface area (TPSA) is 46.1 Å². The van der Waals surface area contributed by atoms with Crippen LogP contribution in [0.25, 0.3) is 0 Å². The first kappa shape index (κ1) is 21.5. The highest BCUT2D eigenvalue weighted by Gasteiger charge is 2.53. The number of ether oxygens (including phenoxy) is 2. The van der Waals surface area contributed by atoms with Gasteiger partial charge in [-0.1, -0.05) is 6.07 Å². The molecule has 3 aliphatic heterocycles. The van der Waals surface area contributed by atoms with E-state index in [1.807, 2.05) is 0 Å². The summed E-state index contributed by atoms with van der Waals surface area (Å²) in [6.45, 7) is 1.75. The van der Waals surface area contributed by atoms with Gasteiger partial charge < -0.3 is 19.7 Å². The Bertz CT molecular complexity index is 726. The van der Waals surface area contributed by atoms with Crippen LogP contribution >= 0.6 is 24.0 Å². The van der Waals surface area contributed by atoms with Crippen LogP contribution in [-0.2, 0) is 17.5 Å². The third-order valence-corrected chi connectivity index (χ3v) is 6.02. The molecule has 5 nitrogen and oxygen atoms in total. The standard InChI is InChI=1S/C19H24F3N3O2.HI/c1-23-18(25-9-13-14(10-25)17-6-5-16(13)27-17)24-8-11-3-4-12(26-2)7-15(11)19(20,21)22;/h3-4,7,13-14,16-17H,5-6,8-10H2,1-2H3,(H,23,24);1H. The number of guanidine groups is 1. The van der Waals surface area contributed by atoms with Crippen molar-refractivity contribution in [1.29, 1.82) is 0 Å². The molecule has 3 heterocycles. The van der Waals surface area contributed by atoms with Gasteiger partial charge in [-0.3, -0.25) is 4.99 Å². The van der Waals surface area contributed by atoms with Crippen LogP contribution in [0.5, 0.6) is 5.75 Å². The first-order valence-electron chi connectivity index (χ1n) is 9.26. The number of hydrogen-bond donors (Lipinski definition) is 1. The number of benzene rings is 1. The summed E-state index contributed by atoms with van der Waals surface area (Å²) in [7, 11) is 3.02.